The number of benzene rings is 1. The molecule has 0 heterocycles. The van der Waals surface area contributed by atoms with Gasteiger partial charge in [0, 0.05) is 51.8 Å². The first-order chi connectivity index (χ1) is 4.30. The molecule has 60 valence electrons. The molecule has 4 heteroatoms. The Morgan fingerprint density at radius 2 is 2.20 bits per heavy atom. The van der Waals surface area contributed by atoms with Crippen LogP contribution in [0.3, 0.4) is 0 Å². The van der Waals surface area contributed by atoms with Gasteiger partial charge in [0.15, 0.2) is 5.69 Å². The second-order valence-corrected chi connectivity index (χ2v) is 1.50. The van der Waals surface area contributed by atoms with Crippen LogP contribution in [-0.2, 0) is 0 Å². The molecule has 0 aliphatic carbocycles. The molecule has 0 aliphatic heterocycles. The van der Waals surface area contributed by atoms with Gasteiger partial charge in [-0.15, -0.1) is 6.07 Å². The third-order valence-electron chi connectivity index (χ3n) is 0.889. The summed E-state index contributed by atoms with van der Waals surface area (Å²) < 4.78 is 0. The van der Waals surface area contributed by atoms with E-state index in [0.717, 1.165) is 0 Å². The topological polar surface area (TPSA) is 43.1 Å². The molecule has 1 aromatic rings. The van der Waals surface area contributed by atoms with E-state index in [1.807, 2.05) is 0 Å². The summed E-state index contributed by atoms with van der Waals surface area (Å²) in [5, 5.41) is 9.98. The van der Waals surface area contributed by atoms with Crippen molar-refractivity contribution in [1.29, 1.82) is 0 Å². The summed E-state index contributed by atoms with van der Waals surface area (Å²) in [6.45, 7) is 0. The summed E-state index contributed by atoms with van der Waals surface area (Å²) >= 11 is 0. The Labute approximate surface area is 96.8 Å². The van der Waals surface area contributed by atoms with Gasteiger partial charge in [0.05, 0.1) is 0 Å². The zero-order chi connectivity index (χ0) is 6.69. The predicted molar refractivity (Wildman–Crippen MR) is 31.9 cm³/mol. The van der Waals surface area contributed by atoms with Crippen LogP contribution in [-0.4, -0.2) is 4.92 Å². The predicted octanol–water partition coefficient (Wildman–Crippen LogP) is 1.39. The molecule has 0 aliphatic rings. The minimum Gasteiger partial charge on any atom is -0.260 e. The number of non-ortho nitro benzene ring substituents is 1. The van der Waals surface area contributed by atoms with Gasteiger partial charge in [-0.25, -0.2) is 0 Å². The normalized spacial score (nSPS) is 8.00. The van der Waals surface area contributed by atoms with Crippen LogP contribution in [0.15, 0.2) is 24.3 Å². The van der Waals surface area contributed by atoms with E-state index in [0.29, 0.717) is 0 Å². The first-order valence-corrected chi connectivity index (χ1v) is 2.42. The molecule has 0 aromatic heterocycles. The van der Waals surface area contributed by atoms with Gasteiger partial charge in [-0.05, 0) is 0 Å². The smallest absolute Gasteiger partial charge is 0.162 e. The largest absolute Gasteiger partial charge is 0.260 e. The number of hydrogen-bond donors (Lipinski definition) is 0. The van der Waals surface area contributed by atoms with E-state index < -0.39 is 4.92 Å². The third kappa shape index (κ3) is 2.82. The standard InChI is InChI=1S/C6H4NO2.Yb/c8-7(9)6-4-2-1-3-5-6;/h1-4H;/q-1;. The zero-order valence-corrected chi connectivity index (χ0v) is 6.56. The maximum atomic E-state index is 9.98. The summed E-state index contributed by atoms with van der Waals surface area (Å²) in [6, 6.07) is 8.68. The van der Waals surface area contributed by atoms with Crippen LogP contribution in [0.5, 0.6) is 0 Å². The van der Waals surface area contributed by atoms with Crippen LogP contribution in [0.1, 0.15) is 0 Å². The van der Waals surface area contributed by atoms with Crippen molar-refractivity contribution >= 4 is 5.69 Å². The summed E-state index contributed by atoms with van der Waals surface area (Å²) in [5.74, 6) is 0. The third-order valence-corrected chi connectivity index (χ3v) is 0.889. The van der Waals surface area contributed by atoms with Crippen molar-refractivity contribution in [1.82, 2.24) is 0 Å². The van der Waals surface area contributed by atoms with Crippen molar-refractivity contribution in [2.24, 2.45) is 0 Å². The molecule has 0 atom stereocenters. The summed E-state index contributed by atoms with van der Waals surface area (Å²) in [5.41, 5.74) is 0.0116. The van der Waals surface area contributed by atoms with Gasteiger partial charge in [-0.3, -0.25) is 10.1 Å². The molecule has 0 N–H and O–H groups in total. The van der Waals surface area contributed by atoms with E-state index >= 15 is 0 Å². The molecule has 0 radical (unpaired) electrons. The Bertz CT molecular complexity index is 212. The molecule has 1 aromatic carbocycles. The minimum atomic E-state index is -0.472. The molecule has 3 nitrogen and oxygen atoms in total. The van der Waals surface area contributed by atoms with E-state index in [4.69, 9.17) is 0 Å². The Morgan fingerprint density at radius 1 is 1.50 bits per heavy atom. The van der Waals surface area contributed by atoms with Gasteiger partial charge in [-0.1, -0.05) is 6.07 Å². The SMILES string of the molecule is O=[N+]([O-])c1[c-]cccc1.[Yb]. The molecule has 0 fully saturated rings. The van der Waals surface area contributed by atoms with E-state index in [2.05, 4.69) is 6.07 Å². The maximum Gasteiger partial charge on any atom is 0.162 e. The molecule has 0 spiro atoms. The molecule has 0 saturated heterocycles. The van der Waals surface area contributed by atoms with Crippen molar-refractivity contribution in [3.63, 3.8) is 0 Å². The van der Waals surface area contributed by atoms with E-state index in [1.54, 1.807) is 12.1 Å². The van der Waals surface area contributed by atoms with Gasteiger partial charge in [-0.2, -0.15) is 18.2 Å². The van der Waals surface area contributed by atoms with E-state index in [-0.39, 0.29) is 52.6 Å². The zero-order valence-electron chi connectivity index (χ0n) is 4.84. The van der Waals surface area contributed by atoms with E-state index in [9.17, 15) is 10.1 Å². The number of para-hydroxylation sites is 1. The fraction of sp³-hybridized carbons (Fsp3) is 0. The summed E-state index contributed by atoms with van der Waals surface area (Å²) in [7, 11) is 0. The number of hydrogen-bond acceptors (Lipinski definition) is 2. The molecule has 1 rings (SSSR count). The van der Waals surface area contributed by atoms with Crippen molar-refractivity contribution in [3.05, 3.63) is 40.4 Å². The Kier molecular flexibility index (Phi) is 4.95. The van der Waals surface area contributed by atoms with Crippen LogP contribution in [0.2, 0.25) is 0 Å². The average molecular weight is 295 g/mol. The molecule has 0 amide bonds. The van der Waals surface area contributed by atoms with Gasteiger partial charge in [0.1, 0.15) is 0 Å². The number of nitro benzene ring substituents is 1. The Morgan fingerprint density at radius 3 is 2.50 bits per heavy atom. The molecule has 0 bridgehead atoms. The second-order valence-electron chi connectivity index (χ2n) is 1.50. The van der Waals surface area contributed by atoms with Crippen LogP contribution >= 0.6 is 0 Å². The fourth-order valence-electron chi connectivity index (χ4n) is 0.497. The second kappa shape index (κ2) is 4.88. The van der Waals surface area contributed by atoms with Crippen molar-refractivity contribution in [2.45, 2.75) is 0 Å². The number of nitrogens with zero attached hydrogens (tertiary/aromatic N) is 1. The van der Waals surface area contributed by atoms with Crippen LogP contribution in [0.4, 0.5) is 5.69 Å². The van der Waals surface area contributed by atoms with Gasteiger partial charge >= 0.3 is 0 Å². The molecular formula is C6H4NO2Yb-. The summed E-state index contributed by atoms with van der Waals surface area (Å²) in [4.78, 5) is 9.50. The van der Waals surface area contributed by atoms with Gasteiger partial charge in [0.2, 0.25) is 0 Å². The fourth-order valence-corrected chi connectivity index (χ4v) is 0.497. The van der Waals surface area contributed by atoms with Crippen LogP contribution in [0.25, 0.3) is 0 Å². The van der Waals surface area contributed by atoms with Crippen molar-refractivity contribution in [3.8, 4) is 0 Å². The molecule has 10 heavy (non-hydrogen) atoms. The van der Waals surface area contributed by atoms with Gasteiger partial charge in [0.25, 0.3) is 0 Å². The minimum absolute atomic E-state index is 0. The van der Waals surface area contributed by atoms with E-state index in [1.165, 1.54) is 12.1 Å². The molecular weight excluding hydrogens is 291 g/mol. The van der Waals surface area contributed by atoms with Crippen molar-refractivity contribution < 1.29 is 51.8 Å². The van der Waals surface area contributed by atoms with Crippen LogP contribution < -0.4 is 0 Å². The first-order valence-electron chi connectivity index (χ1n) is 2.42. The first kappa shape index (κ1) is 10.1. The van der Waals surface area contributed by atoms with Crippen LogP contribution in [0, 0.1) is 63.1 Å². The quantitative estimate of drug-likeness (QED) is 0.446. The molecule has 0 saturated carbocycles. The Balaban J connectivity index is 0.000000810. The Hall–Kier alpha value is 0.139. The monoisotopic (exact) mass is 296 g/mol. The summed E-state index contributed by atoms with van der Waals surface area (Å²) in [6.07, 6.45) is 0. The van der Waals surface area contributed by atoms with Crippen molar-refractivity contribution in [2.75, 3.05) is 0 Å². The average Bonchev–Trinajstić information content (AvgIpc) is 1.90. The number of rotatable bonds is 1. The number of nitro groups is 1. The maximum absolute atomic E-state index is 9.98. The van der Waals surface area contributed by atoms with Gasteiger partial charge < -0.3 is 0 Å². The molecule has 0 unspecified atom stereocenters.